The van der Waals surface area contributed by atoms with Gasteiger partial charge in [-0.25, -0.2) is 0 Å². The Kier molecular flexibility index (Phi) is 5.78. The summed E-state index contributed by atoms with van der Waals surface area (Å²) >= 11 is 5.68. The summed E-state index contributed by atoms with van der Waals surface area (Å²) in [6.07, 6.45) is 7.89. The molecule has 1 aromatic rings. The number of halogens is 1. The zero-order valence-corrected chi connectivity index (χ0v) is 14.3. The van der Waals surface area contributed by atoms with Gasteiger partial charge >= 0.3 is 0 Å². The number of nitrogens with zero attached hydrogens (tertiary/aromatic N) is 2. The van der Waals surface area contributed by atoms with Gasteiger partial charge in [-0.15, -0.1) is 0 Å². The molecule has 1 aliphatic carbocycles. The van der Waals surface area contributed by atoms with Crippen LogP contribution in [0, 0.1) is 6.92 Å². The molecule has 0 aliphatic heterocycles. The Labute approximate surface area is 128 Å². The Morgan fingerprint density at radius 2 is 2.11 bits per heavy atom. The highest BCUT2D eigenvalue weighted by atomic mass is 79.9. The van der Waals surface area contributed by atoms with Crippen molar-refractivity contribution in [3.8, 4) is 0 Å². The van der Waals surface area contributed by atoms with Crippen molar-refractivity contribution in [2.75, 3.05) is 5.75 Å². The van der Waals surface area contributed by atoms with Crippen LogP contribution in [0.25, 0.3) is 0 Å². The van der Waals surface area contributed by atoms with Gasteiger partial charge in [0.1, 0.15) is 0 Å². The van der Waals surface area contributed by atoms with E-state index in [0.29, 0.717) is 0 Å². The van der Waals surface area contributed by atoms with Crippen LogP contribution < -0.4 is 5.73 Å². The average molecular weight is 346 g/mol. The molecule has 1 unspecified atom stereocenters. The van der Waals surface area contributed by atoms with Gasteiger partial charge < -0.3 is 5.73 Å². The Balaban J connectivity index is 1.81. The van der Waals surface area contributed by atoms with Crippen molar-refractivity contribution in [1.82, 2.24) is 9.78 Å². The number of nitrogens with two attached hydrogens (primary N) is 1. The van der Waals surface area contributed by atoms with Crippen LogP contribution in [0.3, 0.4) is 0 Å². The minimum atomic E-state index is 0.220. The van der Waals surface area contributed by atoms with Gasteiger partial charge in [0, 0.05) is 30.5 Å². The molecule has 1 atom stereocenters. The molecule has 1 saturated carbocycles. The van der Waals surface area contributed by atoms with Crippen molar-refractivity contribution in [1.29, 1.82) is 0 Å². The van der Waals surface area contributed by atoms with Crippen LogP contribution in [0.1, 0.15) is 43.5 Å². The van der Waals surface area contributed by atoms with Gasteiger partial charge in [0.25, 0.3) is 0 Å². The number of hydrogen-bond donors (Lipinski definition) is 1. The molecule has 0 saturated heterocycles. The maximum absolute atomic E-state index is 6.29. The summed E-state index contributed by atoms with van der Waals surface area (Å²) in [4.78, 5) is 0. The van der Waals surface area contributed by atoms with E-state index in [4.69, 9.17) is 5.73 Å². The van der Waals surface area contributed by atoms with Crippen molar-refractivity contribution < 1.29 is 0 Å². The lowest BCUT2D eigenvalue weighted by molar-refractivity contribution is 0.515. The fourth-order valence-corrected chi connectivity index (χ4v) is 4.50. The van der Waals surface area contributed by atoms with Crippen LogP contribution in [0.15, 0.2) is 4.47 Å². The smallest absolute Gasteiger partial charge is 0.0738 e. The molecule has 2 N–H and O–H groups in total. The highest BCUT2D eigenvalue weighted by Crippen LogP contribution is 2.29. The molecule has 19 heavy (non-hydrogen) atoms. The fourth-order valence-electron chi connectivity index (χ4n) is 2.70. The Bertz CT molecular complexity index is 413. The van der Waals surface area contributed by atoms with E-state index in [0.717, 1.165) is 27.6 Å². The van der Waals surface area contributed by atoms with Gasteiger partial charge in [-0.3, -0.25) is 4.68 Å². The molecule has 1 heterocycles. The first-order valence-electron chi connectivity index (χ1n) is 7.13. The van der Waals surface area contributed by atoms with E-state index in [-0.39, 0.29) is 6.04 Å². The van der Waals surface area contributed by atoms with Crippen LogP contribution in [0.5, 0.6) is 0 Å². The quantitative estimate of drug-likeness (QED) is 0.888. The van der Waals surface area contributed by atoms with E-state index in [1.807, 2.05) is 18.7 Å². The van der Waals surface area contributed by atoms with E-state index < -0.39 is 0 Å². The second kappa shape index (κ2) is 7.14. The zero-order valence-electron chi connectivity index (χ0n) is 11.9. The van der Waals surface area contributed by atoms with Crippen LogP contribution in [0.2, 0.25) is 0 Å². The predicted octanol–water partition coefficient (Wildman–Crippen LogP) is 3.43. The standard InChI is InChI=1S/C14H24BrN3S/c1-10-14(15)13(18(2)17-10)8-11(16)9-19-12-6-4-3-5-7-12/h11-12H,3-9,16H2,1-2H3. The van der Waals surface area contributed by atoms with E-state index in [1.165, 1.54) is 37.8 Å². The molecule has 1 fully saturated rings. The lowest BCUT2D eigenvalue weighted by Gasteiger charge is -2.22. The molecular formula is C14H24BrN3S. The second-order valence-electron chi connectivity index (χ2n) is 5.53. The van der Waals surface area contributed by atoms with Crippen molar-refractivity contribution in [3.05, 3.63) is 15.9 Å². The molecule has 1 aromatic heterocycles. The third-order valence-corrected chi connectivity index (χ3v) is 6.41. The number of aryl methyl sites for hydroxylation is 2. The minimum absolute atomic E-state index is 0.220. The largest absolute Gasteiger partial charge is 0.327 e. The molecule has 0 amide bonds. The molecule has 3 nitrogen and oxygen atoms in total. The monoisotopic (exact) mass is 345 g/mol. The predicted molar refractivity (Wildman–Crippen MR) is 86.7 cm³/mol. The van der Waals surface area contributed by atoms with E-state index in [2.05, 4.69) is 32.8 Å². The van der Waals surface area contributed by atoms with Crippen molar-refractivity contribution >= 4 is 27.7 Å². The molecule has 5 heteroatoms. The molecular weight excluding hydrogens is 322 g/mol. The first kappa shape index (κ1) is 15.4. The molecule has 1 aliphatic rings. The molecule has 0 spiro atoms. The van der Waals surface area contributed by atoms with Crippen LogP contribution in [-0.4, -0.2) is 26.8 Å². The summed E-state index contributed by atoms with van der Waals surface area (Å²) in [7, 11) is 1.99. The number of aromatic nitrogens is 2. The van der Waals surface area contributed by atoms with E-state index in [9.17, 15) is 0 Å². The van der Waals surface area contributed by atoms with E-state index >= 15 is 0 Å². The van der Waals surface area contributed by atoms with E-state index in [1.54, 1.807) is 0 Å². The third-order valence-electron chi connectivity index (χ3n) is 3.82. The highest BCUT2D eigenvalue weighted by Gasteiger charge is 2.18. The van der Waals surface area contributed by atoms with Gasteiger partial charge in [0.15, 0.2) is 0 Å². The topological polar surface area (TPSA) is 43.8 Å². The third kappa shape index (κ3) is 4.23. The molecule has 0 aromatic carbocycles. The van der Waals surface area contributed by atoms with Gasteiger partial charge in [-0.2, -0.15) is 16.9 Å². The van der Waals surface area contributed by atoms with Crippen LogP contribution in [-0.2, 0) is 13.5 Å². The van der Waals surface area contributed by atoms with Gasteiger partial charge in [-0.1, -0.05) is 19.3 Å². The summed E-state index contributed by atoms with van der Waals surface area (Å²) < 4.78 is 3.07. The normalized spacial score (nSPS) is 18.7. The van der Waals surface area contributed by atoms with Crippen molar-refractivity contribution in [2.24, 2.45) is 12.8 Å². The Morgan fingerprint density at radius 1 is 1.42 bits per heavy atom. The maximum Gasteiger partial charge on any atom is 0.0738 e. The lowest BCUT2D eigenvalue weighted by Crippen LogP contribution is -2.28. The summed E-state index contributed by atoms with van der Waals surface area (Å²) in [6, 6.07) is 0.220. The Hall–Kier alpha value is -0.000000000000000111. The van der Waals surface area contributed by atoms with Crippen LogP contribution in [0.4, 0.5) is 0 Å². The second-order valence-corrected chi connectivity index (χ2v) is 7.65. The minimum Gasteiger partial charge on any atom is -0.327 e. The lowest BCUT2D eigenvalue weighted by atomic mass is 10.0. The van der Waals surface area contributed by atoms with Crippen molar-refractivity contribution in [3.63, 3.8) is 0 Å². The number of thioether (sulfide) groups is 1. The highest BCUT2D eigenvalue weighted by molar-refractivity contribution is 9.10. The zero-order chi connectivity index (χ0) is 13.8. The summed E-state index contributed by atoms with van der Waals surface area (Å²) in [5.41, 5.74) is 8.55. The number of hydrogen-bond acceptors (Lipinski definition) is 3. The van der Waals surface area contributed by atoms with Crippen molar-refractivity contribution in [2.45, 2.75) is 56.7 Å². The van der Waals surface area contributed by atoms with Crippen LogP contribution >= 0.6 is 27.7 Å². The first-order chi connectivity index (χ1) is 9.08. The SMILES string of the molecule is Cc1nn(C)c(CC(N)CSC2CCCCC2)c1Br. The maximum atomic E-state index is 6.29. The summed E-state index contributed by atoms with van der Waals surface area (Å²) in [6.45, 7) is 2.02. The molecule has 2 rings (SSSR count). The molecule has 0 bridgehead atoms. The summed E-state index contributed by atoms with van der Waals surface area (Å²) in [5.74, 6) is 1.06. The van der Waals surface area contributed by atoms with Gasteiger partial charge in [-0.05, 0) is 35.7 Å². The molecule has 108 valence electrons. The van der Waals surface area contributed by atoms with Gasteiger partial charge in [0.05, 0.1) is 15.9 Å². The van der Waals surface area contributed by atoms with Gasteiger partial charge in [0.2, 0.25) is 0 Å². The summed E-state index contributed by atoms with van der Waals surface area (Å²) in [5, 5.41) is 5.27. The number of rotatable bonds is 5. The Morgan fingerprint density at radius 3 is 2.68 bits per heavy atom. The average Bonchev–Trinajstić information content (AvgIpc) is 2.64. The fraction of sp³-hybridized carbons (Fsp3) is 0.786. The first-order valence-corrected chi connectivity index (χ1v) is 8.97. The molecule has 0 radical (unpaired) electrons.